The van der Waals surface area contributed by atoms with Crippen molar-refractivity contribution in [2.45, 2.75) is 18.5 Å². The second kappa shape index (κ2) is 2.23. The molecule has 0 unspecified atom stereocenters. The van der Waals surface area contributed by atoms with Gasteiger partial charge in [-0.15, -0.1) is 0 Å². The molecule has 0 radical (unpaired) electrons. The number of rotatable bonds is 0. The van der Waals surface area contributed by atoms with Crippen molar-refractivity contribution in [1.29, 1.82) is 0 Å². The zero-order chi connectivity index (χ0) is 6.97. The zero-order valence-corrected chi connectivity index (χ0v) is 6.69. The van der Waals surface area contributed by atoms with Crippen molar-refractivity contribution in [2.24, 2.45) is 0 Å². The molecule has 1 aliphatic rings. The van der Waals surface area contributed by atoms with Crippen molar-refractivity contribution >= 4 is 11.8 Å². The van der Waals surface area contributed by atoms with Gasteiger partial charge in [-0.25, -0.2) is 4.57 Å². The fourth-order valence-corrected chi connectivity index (χ4v) is 2.19. The molecule has 2 nitrogen and oxygen atoms in total. The molecule has 1 aromatic rings. The largest absolute Gasteiger partial charge is 0.296 e. The minimum Gasteiger partial charge on any atom is -0.221 e. The lowest BCUT2D eigenvalue weighted by Crippen LogP contribution is -2.37. The van der Waals surface area contributed by atoms with Gasteiger partial charge in [0.2, 0.25) is 0 Å². The summed E-state index contributed by atoms with van der Waals surface area (Å²) < 4.78 is 2.25. The first-order chi connectivity index (χ1) is 4.88. The van der Waals surface area contributed by atoms with Crippen LogP contribution in [0.4, 0.5) is 0 Å². The second-order valence-electron chi connectivity index (χ2n) is 2.33. The van der Waals surface area contributed by atoms with Crippen molar-refractivity contribution in [3.8, 4) is 0 Å². The van der Waals surface area contributed by atoms with Crippen LogP contribution in [0.15, 0.2) is 17.3 Å². The molecule has 2 heterocycles. The highest BCUT2D eigenvalue weighted by atomic mass is 32.2. The van der Waals surface area contributed by atoms with E-state index in [1.165, 1.54) is 10.8 Å². The maximum atomic E-state index is 4.20. The van der Waals surface area contributed by atoms with Crippen molar-refractivity contribution < 1.29 is 4.57 Å². The third-order valence-electron chi connectivity index (χ3n) is 1.70. The maximum Gasteiger partial charge on any atom is 0.296 e. The number of aryl methyl sites for hydroxylation is 1. The predicted octanol–water partition coefficient (Wildman–Crippen LogP) is 0.783. The normalized spacial score (nSPS) is 15.3. The zero-order valence-electron chi connectivity index (χ0n) is 5.87. The fourth-order valence-electron chi connectivity index (χ4n) is 1.17. The smallest absolute Gasteiger partial charge is 0.221 e. The Balaban J connectivity index is 2.59. The summed E-state index contributed by atoms with van der Waals surface area (Å²) in [5.41, 5.74) is 0. The predicted molar refractivity (Wildman–Crippen MR) is 39.9 cm³/mol. The quantitative estimate of drug-likeness (QED) is 0.405. The summed E-state index contributed by atoms with van der Waals surface area (Å²) in [5, 5.41) is 1.35. The third kappa shape index (κ3) is 0.814. The maximum absolute atomic E-state index is 4.20. The van der Waals surface area contributed by atoms with E-state index in [1.54, 1.807) is 0 Å². The van der Waals surface area contributed by atoms with Crippen molar-refractivity contribution in [3.05, 3.63) is 18.1 Å². The minimum absolute atomic E-state index is 1.12. The van der Waals surface area contributed by atoms with Crippen LogP contribution in [0.2, 0.25) is 0 Å². The van der Waals surface area contributed by atoms with Gasteiger partial charge in [0.1, 0.15) is 12.7 Å². The van der Waals surface area contributed by atoms with Gasteiger partial charge in [0.15, 0.2) is 5.03 Å². The Hall–Kier alpha value is -0.570. The Morgan fingerprint density at radius 3 is 3.40 bits per heavy atom. The first-order valence-electron chi connectivity index (χ1n) is 3.36. The van der Waals surface area contributed by atoms with Crippen molar-refractivity contribution in [2.75, 3.05) is 5.75 Å². The summed E-state index contributed by atoms with van der Waals surface area (Å²) in [6, 6.07) is 2.07. The molecule has 0 fully saturated rings. The lowest BCUT2D eigenvalue weighted by Gasteiger charge is -1.93. The number of hydrogen-bond donors (Lipinski definition) is 0. The molecule has 0 aromatic carbocycles. The molecular formula is C7H9N2S+. The first kappa shape index (κ1) is 6.16. The van der Waals surface area contributed by atoms with Gasteiger partial charge in [-0.3, -0.25) is 0 Å². The van der Waals surface area contributed by atoms with E-state index in [0.717, 1.165) is 12.4 Å². The first-order valence-corrected chi connectivity index (χ1v) is 4.35. The molecule has 0 saturated carbocycles. The summed E-state index contributed by atoms with van der Waals surface area (Å²) in [5.74, 6) is 2.33. The van der Waals surface area contributed by atoms with Crippen LogP contribution in [0.5, 0.6) is 0 Å². The Labute approximate surface area is 64.3 Å². The average Bonchev–Trinajstić information content (AvgIpc) is 2.36. The molecule has 1 aliphatic heterocycles. The van der Waals surface area contributed by atoms with E-state index in [1.807, 2.05) is 18.0 Å². The Kier molecular flexibility index (Phi) is 1.38. The lowest BCUT2D eigenvalue weighted by molar-refractivity contribution is -0.731. The summed E-state index contributed by atoms with van der Waals surface area (Å²) in [4.78, 5) is 4.20. The van der Waals surface area contributed by atoms with Crippen LogP contribution >= 0.6 is 11.8 Å². The molecule has 0 spiro atoms. The van der Waals surface area contributed by atoms with E-state index < -0.39 is 0 Å². The van der Waals surface area contributed by atoms with Gasteiger partial charge in [-0.05, 0) is 0 Å². The van der Waals surface area contributed by atoms with Crippen LogP contribution in [0.3, 0.4) is 0 Å². The van der Waals surface area contributed by atoms with Crippen molar-refractivity contribution in [1.82, 2.24) is 4.98 Å². The van der Waals surface area contributed by atoms with Gasteiger partial charge in [0.25, 0.3) is 5.82 Å². The van der Waals surface area contributed by atoms with E-state index >= 15 is 0 Å². The molecule has 10 heavy (non-hydrogen) atoms. The standard InChI is InChI=1S/C7H9N2S/c1-6-8-3-2-7-9(6)4-5-10-7/h2-3H,4-5H2,1H3/q+1. The number of hydrogen-bond acceptors (Lipinski definition) is 2. The van der Waals surface area contributed by atoms with Gasteiger partial charge in [-0.1, -0.05) is 16.7 Å². The molecule has 0 bridgehead atoms. The third-order valence-corrected chi connectivity index (χ3v) is 2.74. The Bertz CT molecular complexity index is 260. The average molecular weight is 153 g/mol. The van der Waals surface area contributed by atoms with Gasteiger partial charge >= 0.3 is 0 Å². The van der Waals surface area contributed by atoms with Gasteiger partial charge in [-0.2, -0.15) is 0 Å². The van der Waals surface area contributed by atoms with Crippen LogP contribution in [0, 0.1) is 6.92 Å². The molecule has 0 aliphatic carbocycles. The van der Waals surface area contributed by atoms with Crippen LogP contribution in [-0.2, 0) is 6.54 Å². The highest BCUT2D eigenvalue weighted by Gasteiger charge is 2.18. The van der Waals surface area contributed by atoms with E-state index in [9.17, 15) is 0 Å². The lowest BCUT2D eigenvalue weighted by atomic mass is 10.5. The number of nitrogens with zero attached hydrogens (tertiary/aromatic N) is 2. The number of fused-ring (bicyclic) bond motifs is 1. The summed E-state index contributed by atoms with van der Waals surface area (Å²) >= 11 is 1.90. The highest BCUT2D eigenvalue weighted by Crippen LogP contribution is 2.17. The monoisotopic (exact) mass is 153 g/mol. The summed E-state index contributed by atoms with van der Waals surface area (Å²) in [7, 11) is 0. The van der Waals surface area contributed by atoms with Gasteiger partial charge in [0.05, 0.1) is 0 Å². The molecular weight excluding hydrogens is 144 g/mol. The molecule has 52 valence electrons. The topological polar surface area (TPSA) is 16.8 Å². The van der Waals surface area contributed by atoms with Crippen LogP contribution in [0.1, 0.15) is 5.82 Å². The van der Waals surface area contributed by atoms with Crippen molar-refractivity contribution in [3.63, 3.8) is 0 Å². The number of aromatic nitrogens is 2. The molecule has 0 saturated heterocycles. The molecule has 3 heteroatoms. The Morgan fingerprint density at radius 1 is 1.70 bits per heavy atom. The molecule has 0 N–H and O–H groups in total. The Morgan fingerprint density at radius 2 is 2.60 bits per heavy atom. The molecule has 0 amide bonds. The highest BCUT2D eigenvalue weighted by molar-refractivity contribution is 7.99. The minimum atomic E-state index is 1.12. The van der Waals surface area contributed by atoms with Gasteiger partial charge in [0, 0.05) is 18.7 Å². The summed E-state index contributed by atoms with van der Waals surface area (Å²) in [6.07, 6.45) is 1.87. The SMILES string of the molecule is Cc1nccc2[n+]1CCS2. The molecule has 0 atom stereocenters. The second-order valence-corrected chi connectivity index (χ2v) is 3.45. The van der Waals surface area contributed by atoms with Crippen LogP contribution in [0.25, 0.3) is 0 Å². The van der Waals surface area contributed by atoms with Gasteiger partial charge < -0.3 is 0 Å². The van der Waals surface area contributed by atoms with Crippen LogP contribution in [-0.4, -0.2) is 10.7 Å². The number of thioether (sulfide) groups is 1. The fraction of sp³-hybridized carbons (Fsp3) is 0.429. The summed E-state index contributed by atoms with van der Waals surface area (Å²) in [6.45, 7) is 3.18. The molecule has 2 rings (SSSR count). The van der Waals surface area contributed by atoms with E-state index in [0.29, 0.717) is 0 Å². The van der Waals surface area contributed by atoms with E-state index in [4.69, 9.17) is 0 Å². The molecule has 1 aromatic heterocycles. The van der Waals surface area contributed by atoms with E-state index in [-0.39, 0.29) is 0 Å². The van der Waals surface area contributed by atoms with Crippen LogP contribution < -0.4 is 4.57 Å². The van der Waals surface area contributed by atoms with E-state index in [2.05, 4.69) is 22.5 Å².